The lowest BCUT2D eigenvalue weighted by molar-refractivity contribution is -0.149. The van der Waals surface area contributed by atoms with Gasteiger partial charge in [-0.05, 0) is 43.5 Å². The van der Waals surface area contributed by atoms with Gasteiger partial charge in [-0.3, -0.25) is 4.79 Å². The molecule has 6 nitrogen and oxygen atoms in total. The van der Waals surface area contributed by atoms with Crippen molar-refractivity contribution in [3.05, 3.63) is 28.8 Å². The minimum absolute atomic E-state index is 0.148. The molecule has 1 fully saturated rings. The summed E-state index contributed by atoms with van der Waals surface area (Å²) in [6.45, 7) is 2.33. The van der Waals surface area contributed by atoms with Crippen LogP contribution in [0.3, 0.4) is 0 Å². The Morgan fingerprint density at radius 3 is 2.50 bits per heavy atom. The van der Waals surface area contributed by atoms with Crippen molar-refractivity contribution in [3.63, 3.8) is 0 Å². The molecule has 154 valence electrons. The number of likely N-dealkylation sites (N-methyl/N-ethyl adjacent to an activating group) is 1. The monoisotopic (exact) mass is 409 g/mol. The molecule has 1 amide bonds. The first kappa shape index (κ1) is 22.1. The number of ether oxygens (including phenoxy) is 3. The topological polar surface area (TPSA) is 65.1 Å². The summed E-state index contributed by atoms with van der Waals surface area (Å²) in [7, 11) is 3.01. The molecular weight excluding hydrogens is 382 g/mol. The summed E-state index contributed by atoms with van der Waals surface area (Å²) in [5.41, 5.74) is 0.656. The Labute approximate surface area is 171 Å². The molecule has 0 saturated heterocycles. The van der Waals surface area contributed by atoms with E-state index < -0.39 is 5.97 Å². The van der Waals surface area contributed by atoms with Gasteiger partial charge in [0.2, 0.25) is 0 Å². The number of nitrogens with zero attached hydrogens (tertiary/aromatic N) is 1. The Hall–Kier alpha value is -2.21. The molecule has 0 bridgehead atoms. The lowest BCUT2D eigenvalue weighted by Crippen LogP contribution is -2.43. The highest BCUT2D eigenvalue weighted by atomic mass is 35.5. The minimum atomic E-state index is -0.584. The van der Waals surface area contributed by atoms with Gasteiger partial charge >= 0.3 is 5.97 Å². The van der Waals surface area contributed by atoms with Crippen LogP contribution in [0, 0.1) is 0 Å². The number of amides is 1. The van der Waals surface area contributed by atoms with Gasteiger partial charge in [0.1, 0.15) is 0 Å². The van der Waals surface area contributed by atoms with E-state index in [0.717, 1.165) is 25.7 Å². The van der Waals surface area contributed by atoms with Crippen LogP contribution in [0.4, 0.5) is 0 Å². The Balaban J connectivity index is 1.92. The Bertz CT molecular complexity index is 713. The molecule has 28 heavy (non-hydrogen) atoms. The lowest BCUT2D eigenvalue weighted by Gasteiger charge is -2.33. The van der Waals surface area contributed by atoms with Crippen LogP contribution in [-0.2, 0) is 14.3 Å². The SMILES string of the molecule is CCN(C(=O)COC(=O)/C=C/c1cc(Cl)c(OC)c(OC)c1)C1CCCCC1. The summed E-state index contributed by atoms with van der Waals surface area (Å²) in [5.74, 6) is 0.158. The summed E-state index contributed by atoms with van der Waals surface area (Å²) in [6, 6.07) is 3.61. The molecule has 1 aromatic carbocycles. The zero-order valence-electron chi connectivity index (χ0n) is 16.7. The van der Waals surface area contributed by atoms with Crippen LogP contribution < -0.4 is 9.47 Å². The molecule has 0 aliphatic heterocycles. The van der Waals surface area contributed by atoms with Crippen LogP contribution >= 0.6 is 11.6 Å². The molecule has 1 saturated carbocycles. The number of halogens is 1. The molecule has 0 radical (unpaired) electrons. The van der Waals surface area contributed by atoms with Crippen LogP contribution in [0.1, 0.15) is 44.6 Å². The van der Waals surface area contributed by atoms with E-state index in [1.54, 1.807) is 18.2 Å². The summed E-state index contributed by atoms with van der Waals surface area (Å²) in [6.07, 6.45) is 8.38. The van der Waals surface area contributed by atoms with Crippen LogP contribution in [0.5, 0.6) is 11.5 Å². The Morgan fingerprint density at radius 2 is 1.89 bits per heavy atom. The van der Waals surface area contributed by atoms with Crippen LogP contribution in [0.2, 0.25) is 5.02 Å². The van der Waals surface area contributed by atoms with E-state index in [1.807, 2.05) is 11.8 Å². The fraction of sp³-hybridized carbons (Fsp3) is 0.524. The average molecular weight is 410 g/mol. The number of benzene rings is 1. The fourth-order valence-electron chi connectivity index (χ4n) is 3.49. The van der Waals surface area contributed by atoms with E-state index in [1.165, 1.54) is 26.7 Å². The third-order valence-corrected chi connectivity index (χ3v) is 5.16. The summed E-state index contributed by atoms with van der Waals surface area (Å²) in [5, 5.41) is 0.371. The molecule has 0 spiro atoms. The molecule has 0 heterocycles. The third-order valence-electron chi connectivity index (χ3n) is 4.88. The van der Waals surface area contributed by atoms with Crippen molar-refractivity contribution in [2.75, 3.05) is 27.4 Å². The van der Waals surface area contributed by atoms with Gasteiger partial charge in [-0.25, -0.2) is 4.79 Å². The van der Waals surface area contributed by atoms with Crippen LogP contribution in [0.15, 0.2) is 18.2 Å². The van der Waals surface area contributed by atoms with Crippen LogP contribution in [0.25, 0.3) is 6.08 Å². The van der Waals surface area contributed by atoms with Crippen molar-refractivity contribution in [3.8, 4) is 11.5 Å². The number of carbonyl (C=O) groups is 2. The van der Waals surface area contributed by atoms with E-state index in [4.69, 9.17) is 25.8 Å². The van der Waals surface area contributed by atoms with Crippen molar-refractivity contribution in [2.24, 2.45) is 0 Å². The number of rotatable bonds is 8. The number of hydrogen-bond acceptors (Lipinski definition) is 5. The Morgan fingerprint density at radius 1 is 1.18 bits per heavy atom. The van der Waals surface area contributed by atoms with Gasteiger partial charge in [0.05, 0.1) is 19.2 Å². The van der Waals surface area contributed by atoms with Crippen molar-refractivity contribution in [1.82, 2.24) is 4.90 Å². The average Bonchev–Trinajstić information content (AvgIpc) is 2.71. The second kappa shape index (κ2) is 11.0. The highest BCUT2D eigenvalue weighted by Crippen LogP contribution is 2.36. The van der Waals surface area contributed by atoms with Gasteiger partial charge in [0.25, 0.3) is 5.91 Å². The predicted octanol–water partition coefficient (Wildman–Crippen LogP) is 4.09. The van der Waals surface area contributed by atoms with Gasteiger partial charge in [0.15, 0.2) is 18.1 Å². The molecular formula is C21H28ClNO5. The molecule has 0 N–H and O–H groups in total. The quantitative estimate of drug-likeness (QED) is 0.477. The summed E-state index contributed by atoms with van der Waals surface area (Å²) >= 11 is 6.15. The highest BCUT2D eigenvalue weighted by molar-refractivity contribution is 6.32. The number of methoxy groups -OCH3 is 2. The first-order valence-corrected chi connectivity index (χ1v) is 9.93. The first-order chi connectivity index (χ1) is 13.5. The maximum absolute atomic E-state index is 12.4. The van der Waals surface area contributed by atoms with E-state index in [9.17, 15) is 9.59 Å². The maximum atomic E-state index is 12.4. The van der Waals surface area contributed by atoms with Gasteiger partial charge in [-0.2, -0.15) is 0 Å². The molecule has 7 heteroatoms. The van der Waals surface area contributed by atoms with Crippen molar-refractivity contribution >= 4 is 29.6 Å². The van der Waals surface area contributed by atoms with E-state index in [2.05, 4.69) is 0 Å². The predicted molar refractivity (Wildman–Crippen MR) is 109 cm³/mol. The first-order valence-electron chi connectivity index (χ1n) is 9.56. The number of esters is 1. The van der Waals surface area contributed by atoms with Gasteiger partial charge in [0, 0.05) is 18.7 Å². The van der Waals surface area contributed by atoms with E-state index in [-0.39, 0.29) is 18.6 Å². The van der Waals surface area contributed by atoms with Gasteiger partial charge in [-0.1, -0.05) is 30.9 Å². The standard InChI is InChI=1S/C21H28ClNO5/c1-4-23(16-8-6-5-7-9-16)19(24)14-28-20(25)11-10-15-12-17(22)21(27-3)18(13-15)26-2/h10-13,16H,4-9,14H2,1-3H3/b11-10+. The molecule has 1 aromatic rings. The van der Waals surface area contributed by atoms with E-state index in [0.29, 0.717) is 28.6 Å². The van der Waals surface area contributed by atoms with Crippen molar-refractivity contribution in [1.29, 1.82) is 0 Å². The number of carbonyl (C=O) groups excluding carboxylic acids is 2. The zero-order valence-corrected chi connectivity index (χ0v) is 17.5. The zero-order chi connectivity index (χ0) is 20.5. The fourth-order valence-corrected chi connectivity index (χ4v) is 3.79. The Kier molecular flexibility index (Phi) is 8.64. The van der Waals surface area contributed by atoms with Gasteiger partial charge in [-0.15, -0.1) is 0 Å². The highest BCUT2D eigenvalue weighted by Gasteiger charge is 2.24. The molecule has 1 aliphatic carbocycles. The second-order valence-electron chi connectivity index (χ2n) is 6.65. The van der Waals surface area contributed by atoms with Crippen molar-refractivity contribution in [2.45, 2.75) is 45.1 Å². The summed E-state index contributed by atoms with van der Waals surface area (Å²) < 4.78 is 15.5. The third kappa shape index (κ3) is 5.89. The molecule has 1 aliphatic rings. The van der Waals surface area contributed by atoms with E-state index >= 15 is 0 Å². The summed E-state index contributed by atoms with van der Waals surface area (Å²) in [4.78, 5) is 26.3. The van der Waals surface area contributed by atoms with Crippen molar-refractivity contribution < 1.29 is 23.8 Å². The minimum Gasteiger partial charge on any atom is -0.493 e. The normalized spacial score (nSPS) is 14.7. The maximum Gasteiger partial charge on any atom is 0.331 e. The van der Waals surface area contributed by atoms with Crippen LogP contribution in [-0.4, -0.2) is 50.2 Å². The molecule has 0 atom stereocenters. The lowest BCUT2D eigenvalue weighted by atomic mass is 9.94. The smallest absolute Gasteiger partial charge is 0.331 e. The molecule has 0 aromatic heterocycles. The molecule has 0 unspecified atom stereocenters. The van der Waals surface area contributed by atoms with Gasteiger partial charge < -0.3 is 19.1 Å². The second-order valence-corrected chi connectivity index (χ2v) is 7.06. The number of hydrogen-bond donors (Lipinski definition) is 0. The molecule has 2 rings (SSSR count). The largest absolute Gasteiger partial charge is 0.493 e.